The average Bonchev–Trinajstić information content (AvgIpc) is 2.40. The molecule has 0 saturated carbocycles. The molecule has 3 nitrogen and oxygen atoms in total. The van der Waals surface area contributed by atoms with Crippen molar-refractivity contribution < 1.29 is 8.42 Å². The van der Waals surface area contributed by atoms with Crippen LogP contribution < -0.4 is 0 Å². The van der Waals surface area contributed by atoms with E-state index in [0.717, 1.165) is 22.3 Å². The summed E-state index contributed by atoms with van der Waals surface area (Å²) < 4.78 is 28.4. The monoisotopic (exact) mass is 347 g/mol. The summed E-state index contributed by atoms with van der Waals surface area (Å²) >= 11 is 0. The van der Waals surface area contributed by atoms with Crippen molar-refractivity contribution in [1.82, 2.24) is 4.31 Å². The van der Waals surface area contributed by atoms with Crippen molar-refractivity contribution in [1.29, 1.82) is 0 Å². The van der Waals surface area contributed by atoms with E-state index >= 15 is 0 Å². The van der Waals surface area contributed by atoms with Crippen molar-refractivity contribution in [2.45, 2.75) is 52.5 Å². The molecular weight excluding hydrogens is 318 g/mol. The number of hydrogen-bond donors (Lipinski definition) is 0. The van der Waals surface area contributed by atoms with E-state index in [2.05, 4.69) is 18.9 Å². The molecule has 0 aromatic heterocycles. The zero-order valence-electron chi connectivity index (χ0n) is 15.7. The molecule has 1 rings (SSSR count). The highest BCUT2D eigenvalue weighted by molar-refractivity contribution is 7.89. The topological polar surface area (TPSA) is 37.4 Å². The van der Waals surface area contributed by atoms with Crippen LogP contribution in [-0.4, -0.2) is 25.3 Å². The van der Waals surface area contributed by atoms with Crippen LogP contribution in [0.3, 0.4) is 0 Å². The van der Waals surface area contributed by atoms with Gasteiger partial charge in [-0.15, -0.1) is 5.73 Å². The predicted molar refractivity (Wildman–Crippen MR) is 102 cm³/mol. The van der Waals surface area contributed by atoms with Crippen molar-refractivity contribution in [2.75, 3.05) is 6.54 Å². The number of rotatable bonds is 7. The Morgan fingerprint density at radius 2 is 1.75 bits per heavy atom. The van der Waals surface area contributed by atoms with Crippen molar-refractivity contribution >= 4 is 10.0 Å². The lowest BCUT2D eigenvalue weighted by Crippen LogP contribution is -2.43. The molecule has 24 heavy (non-hydrogen) atoms. The Labute approximate surface area is 147 Å². The molecule has 0 N–H and O–H groups in total. The van der Waals surface area contributed by atoms with Gasteiger partial charge in [0.15, 0.2) is 0 Å². The lowest BCUT2D eigenvalue weighted by Gasteiger charge is -2.32. The van der Waals surface area contributed by atoms with Crippen LogP contribution >= 0.6 is 0 Å². The second-order valence-electron chi connectivity index (χ2n) is 6.84. The highest BCUT2D eigenvalue weighted by atomic mass is 32.2. The molecule has 0 heterocycles. The van der Waals surface area contributed by atoms with Crippen molar-refractivity contribution in [3.8, 4) is 0 Å². The van der Waals surface area contributed by atoms with Crippen LogP contribution in [0.25, 0.3) is 0 Å². The van der Waals surface area contributed by atoms with Gasteiger partial charge in [-0.25, -0.2) is 8.42 Å². The highest BCUT2D eigenvalue weighted by Crippen LogP contribution is 2.29. The third-order valence-corrected chi connectivity index (χ3v) is 6.05. The van der Waals surface area contributed by atoms with Crippen molar-refractivity contribution in [2.24, 2.45) is 5.92 Å². The maximum absolute atomic E-state index is 13.5. The predicted octanol–water partition coefficient (Wildman–Crippen LogP) is 4.54. The first kappa shape index (κ1) is 20.4. The maximum atomic E-state index is 13.5. The quantitative estimate of drug-likeness (QED) is 0.536. The summed E-state index contributed by atoms with van der Waals surface area (Å²) in [5.74, 6) is 0.0967. The van der Waals surface area contributed by atoms with Gasteiger partial charge in [0.25, 0.3) is 0 Å². The molecule has 1 aromatic rings. The van der Waals surface area contributed by atoms with E-state index in [0.29, 0.717) is 4.90 Å². The summed E-state index contributed by atoms with van der Waals surface area (Å²) in [6, 6.07) is 3.50. The average molecular weight is 348 g/mol. The number of benzene rings is 1. The SMILES string of the molecule is C=C=C[C@H](C(C)C)N(CC(=C)C)S(=O)(=O)c1c(C)cc(C)cc1C. The molecule has 0 unspecified atom stereocenters. The number of sulfonamides is 1. The summed E-state index contributed by atoms with van der Waals surface area (Å²) in [4.78, 5) is 0.387. The smallest absolute Gasteiger partial charge is 0.207 e. The number of hydrogen-bond acceptors (Lipinski definition) is 2. The van der Waals surface area contributed by atoms with Gasteiger partial charge in [-0.05, 0) is 50.8 Å². The van der Waals surface area contributed by atoms with Crippen LogP contribution in [0.4, 0.5) is 0 Å². The Morgan fingerprint density at radius 3 is 2.12 bits per heavy atom. The maximum Gasteiger partial charge on any atom is 0.244 e. The molecule has 0 fully saturated rings. The lowest BCUT2D eigenvalue weighted by molar-refractivity contribution is 0.319. The van der Waals surface area contributed by atoms with E-state index in [4.69, 9.17) is 0 Å². The summed E-state index contributed by atoms with van der Waals surface area (Å²) in [6.45, 7) is 19.3. The third-order valence-electron chi connectivity index (χ3n) is 3.90. The summed E-state index contributed by atoms with van der Waals surface area (Å²) in [5, 5.41) is 0. The summed E-state index contributed by atoms with van der Waals surface area (Å²) in [5.41, 5.74) is 6.14. The lowest BCUT2D eigenvalue weighted by atomic mass is 10.0. The molecule has 132 valence electrons. The Kier molecular flexibility index (Phi) is 6.79. The van der Waals surface area contributed by atoms with E-state index in [9.17, 15) is 8.42 Å². The second-order valence-corrected chi connectivity index (χ2v) is 8.67. The van der Waals surface area contributed by atoms with Gasteiger partial charge >= 0.3 is 0 Å². The van der Waals surface area contributed by atoms with Crippen molar-refractivity contribution in [3.05, 3.63) is 59.4 Å². The molecule has 0 spiro atoms. The molecule has 0 saturated heterocycles. The fourth-order valence-corrected chi connectivity index (χ4v) is 5.22. The van der Waals surface area contributed by atoms with E-state index in [1.807, 2.05) is 53.7 Å². The minimum atomic E-state index is -3.67. The number of nitrogens with zero attached hydrogens (tertiary/aromatic N) is 1. The van der Waals surface area contributed by atoms with Crippen LogP contribution in [0.1, 0.15) is 37.5 Å². The van der Waals surface area contributed by atoms with Gasteiger partial charge in [-0.1, -0.05) is 50.3 Å². The Morgan fingerprint density at radius 1 is 1.25 bits per heavy atom. The highest BCUT2D eigenvalue weighted by Gasteiger charge is 2.34. The van der Waals surface area contributed by atoms with E-state index < -0.39 is 10.0 Å². The van der Waals surface area contributed by atoms with Crippen molar-refractivity contribution in [3.63, 3.8) is 0 Å². The number of aryl methyl sites for hydroxylation is 3. The molecule has 0 radical (unpaired) electrons. The van der Waals surface area contributed by atoms with Gasteiger partial charge in [0.2, 0.25) is 10.0 Å². The van der Waals surface area contributed by atoms with Crippen LogP contribution in [0, 0.1) is 26.7 Å². The minimum Gasteiger partial charge on any atom is -0.207 e. The standard InChI is InChI=1S/C20H29NO2S/c1-9-10-19(15(4)5)21(13-14(2)3)24(22,23)20-17(7)11-16(6)12-18(20)8/h10-12,15,19H,1-2,13H2,3-8H3/t19-/m1/s1. The van der Waals surface area contributed by atoms with E-state index in [-0.39, 0.29) is 18.5 Å². The molecule has 0 aliphatic rings. The summed E-state index contributed by atoms with van der Waals surface area (Å²) in [7, 11) is -3.67. The van der Waals surface area contributed by atoms with Crippen LogP contribution in [0.2, 0.25) is 0 Å². The first-order valence-electron chi connectivity index (χ1n) is 8.12. The molecule has 0 aliphatic heterocycles. The molecule has 0 bridgehead atoms. The van der Waals surface area contributed by atoms with Crippen LogP contribution in [0.5, 0.6) is 0 Å². The van der Waals surface area contributed by atoms with Gasteiger partial charge in [-0.3, -0.25) is 0 Å². The second kappa shape index (κ2) is 7.98. The largest absolute Gasteiger partial charge is 0.244 e. The van der Waals surface area contributed by atoms with Gasteiger partial charge in [-0.2, -0.15) is 4.31 Å². The van der Waals surface area contributed by atoms with Crippen LogP contribution in [0.15, 0.2) is 47.6 Å². The fourth-order valence-electron chi connectivity index (χ4n) is 3.04. The van der Waals surface area contributed by atoms with Gasteiger partial charge in [0, 0.05) is 6.54 Å². The van der Waals surface area contributed by atoms with Gasteiger partial charge < -0.3 is 0 Å². The zero-order chi connectivity index (χ0) is 18.7. The first-order valence-corrected chi connectivity index (χ1v) is 9.56. The molecular formula is C20H29NO2S. The Hall–Kier alpha value is -1.61. The summed E-state index contributed by atoms with van der Waals surface area (Å²) in [6.07, 6.45) is 1.73. The third kappa shape index (κ3) is 4.47. The van der Waals surface area contributed by atoms with Crippen LogP contribution in [-0.2, 0) is 10.0 Å². The first-order chi connectivity index (χ1) is 11.0. The van der Waals surface area contributed by atoms with E-state index in [1.165, 1.54) is 4.31 Å². The Bertz CT molecular complexity index is 746. The van der Waals surface area contributed by atoms with Gasteiger partial charge in [0.05, 0.1) is 10.9 Å². The minimum absolute atomic E-state index is 0.0967. The Balaban J connectivity index is 3.62. The molecule has 0 amide bonds. The van der Waals surface area contributed by atoms with Gasteiger partial charge in [0.1, 0.15) is 0 Å². The molecule has 1 aromatic carbocycles. The fraction of sp³-hybridized carbons (Fsp3) is 0.450. The molecule has 0 aliphatic carbocycles. The molecule has 1 atom stereocenters. The normalized spacial score (nSPS) is 13.0. The van der Waals surface area contributed by atoms with E-state index in [1.54, 1.807) is 6.08 Å². The molecule has 4 heteroatoms. The zero-order valence-corrected chi connectivity index (χ0v) is 16.5.